The highest BCUT2D eigenvalue weighted by atomic mass is 32.1. The number of thiophene rings is 1. The highest BCUT2D eigenvalue weighted by Gasteiger charge is 2.28. The molecule has 1 aliphatic rings. The lowest BCUT2D eigenvalue weighted by atomic mass is 10.0. The van der Waals surface area contributed by atoms with Crippen molar-refractivity contribution in [1.82, 2.24) is 25.2 Å². The van der Waals surface area contributed by atoms with Gasteiger partial charge in [-0.15, -0.1) is 5.10 Å². The average molecular weight is 440 g/mol. The molecule has 1 fully saturated rings. The van der Waals surface area contributed by atoms with Crippen LogP contribution in [0.25, 0.3) is 5.69 Å². The van der Waals surface area contributed by atoms with Crippen LogP contribution >= 0.6 is 11.3 Å². The number of amides is 2. The average Bonchev–Trinajstić information content (AvgIpc) is 3.44. The van der Waals surface area contributed by atoms with Crippen molar-refractivity contribution in [2.75, 3.05) is 13.1 Å². The summed E-state index contributed by atoms with van der Waals surface area (Å²) in [4.78, 5) is 37.4. The molecule has 0 unspecified atom stereocenters. The zero-order valence-electron chi connectivity index (χ0n) is 16.7. The van der Waals surface area contributed by atoms with Crippen molar-refractivity contribution in [1.29, 1.82) is 0 Å². The Labute approximate surface area is 181 Å². The molecule has 0 aliphatic carbocycles. The number of likely N-dealkylation sites (tertiary alicyclic amines) is 1. The predicted octanol–water partition coefficient (Wildman–Crippen LogP) is 2.58. The van der Waals surface area contributed by atoms with Gasteiger partial charge in [0, 0.05) is 42.2 Å². The molecule has 0 saturated carbocycles. The fourth-order valence-electron chi connectivity index (χ4n) is 3.55. The number of hydrogen-bond acceptors (Lipinski definition) is 7. The van der Waals surface area contributed by atoms with Crippen LogP contribution in [0.5, 0.6) is 0 Å². The Balaban J connectivity index is 1.41. The van der Waals surface area contributed by atoms with Gasteiger partial charge in [-0.2, -0.15) is 11.3 Å². The highest BCUT2D eigenvalue weighted by molar-refractivity contribution is 7.08. The van der Waals surface area contributed by atoms with Crippen LogP contribution in [0.4, 0.5) is 5.69 Å². The molecular weight excluding hydrogens is 420 g/mol. The van der Waals surface area contributed by atoms with Crippen LogP contribution < -0.4 is 5.32 Å². The van der Waals surface area contributed by atoms with Crippen LogP contribution in [0.2, 0.25) is 0 Å². The first kappa shape index (κ1) is 20.7. The summed E-state index contributed by atoms with van der Waals surface area (Å²) in [5.74, 6) is -0.335. The summed E-state index contributed by atoms with van der Waals surface area (Å²) in [6.07, 6.45) is 1.30. The molecule has 11 heteroatoms. The molecule has 10 nitrogen and oxygen atoms in total. The molecule has 1 N–H and O–H groups in total. The minimum atomic E-state index is -0.483. The van der Waals surface area contributed by atoms with E-state index in [2.05, 4.69) is 15.6 Å². The van der Waals surface area contributed by atoms with E-state index in [1.807, 2.05) is 5.38 Å². The number of nitro groups is 1. The number of rotatable bonds is 5. The normalized spacial score (nSPS) is 14.4. The van der Waals surface area contributed by atoms with Gasteiger partial charge in [0.15, 0.2) is 5.69 Å². The Kier molecular flexibility index (Phi) is 5.76. The number of nitrogens with one attached hydrogen (secondary N) is 1. The first-order chi connectivity index (χ1) is 14.9. The van der Waals surface area contributed by atoms with Crippen LogP contribution in [-0.4, -0.2) is 55.8 Å². The maximum Gasteiger partial charge on any atom is 0.276 e. The molecule has 4 rings (SSSR count). The first-order valence-corrected chi connectivity index (χ1v) is 10.7. The van der Waals surface area contributed by atoms with E-state index in [1.54, 1.807) is 35.4 Å². The van der Waals surface area contributed by atoms with Gasteiger partial charge in [0.25, 0.3) is 17.5 Å². The minimum Gasteiger partial charge on any atom is -0.349 e. The maximum atomic E-state index is 13.0. The van der Waals surface area contributed by atoms with Gasteiger partial charge in [0.2, 0.25) is 0 Å². The first-order valence-electron chi connectivity index (χ1n) is 9.73. The van der Waals surface area contributed by atoms with Crippen molar-refractivity contribution >= 4 is 28.8 Å². The van der Waals surface area contributed by atoms with Crippen molar-refractivity contribution in [3.8, 4) is 5.69 Å². The van der Waals surface area contributed by atoms with Gasteiger partial charge in [0.1, 0.15) is 0 Å². The molecule has 1 saturated heterocycles. The second-order valence-electron chi connectivity index (χ2n) is 7.26. The molecule has 0 atom stereocenters. The van der Waals surface area contributed by atoms with Gasteiger partial charge in [-0.05, 0) is 37.3 Å². The van der Waals surface area contributed by atoms with Crippen molar-refractivity contribution < 1.29 is 14.5 Å². The predicted molar refractivity (Wildman–Crippen MR) is 113 cm³/mol. The molecule has 0 radical (unpaired) electrons. The lowest BCUT2D eigenvalue weighted by molar-refractivity contribution is -0.384. The lowest BCUT2D eigenvalue weighted by Crippen LogP contribution is -2.46. The molecule has 2 aromatic heterocycles. The van der Waals surface area contributed by atoms with Gasteiger partial charge in [-0.3, -0.25) is 19.7 Å². The molecule has 31 heavy (non-hydrogen) atoms. The number of piperidine rings is 1. The van der Waals surface area contributed by atoms with Crippen LogP contribution in [0.3, 0.4) is 0 Å². The molecule has 3 heterocycles. The lowest BCUT2D eigenvalue weighted by Gasteiger charge is -2.32. The standard InChI is InChI=1S/C20H20N6O4S/c1-13-18(22-23-25(13)16-3-2-4-17(11-16)26(29)30)20(28)24-8-5-15(6-9-24)21-19(27)14-7-10-31-12-14/h2-4,7,10-12,15H,5-6,8-9H2,1H3,(H,21,27). The number of hydrogen-bond donors (Lipinski definition) is 1. The minimum absolute atomic E-state index is 0.0121. The largest absolute Gasteiger partial charge is 0.349 e. The zero-order valence-corrected chi connectivity index (χ0v) is 17.5. The summed E-state index contributed by atoms with van der Waals surface area (Å²) in [6, 6.07) is 7.81. The van der Waals surface area contributed by atoms with Crippen molar-refractivity contribution in [3.63, 3.8) is 0 Å². The second-order valence-corrected chi connectivity index (χ2v) is 8.04. The summed E-state index contributed by atoms with van der Waals surface area (Å²) in [5, 5.41) is 25.8. The van der Waals surface area contributed by atoms with E-state index < -0.39 is 4.92 Å². The maximum absolute atomic E-state index is 13.0. The number of aromatic nitrogens is 3. The van der Waals surface area contributed by atoms with E-state index in [9.17, 15) is 19.7 Å². The SMILES string of the molecule is Cc1c(C(=O)N2CCC(NC(=O)c3ccsc3)CC2)nnn1-c1cccc([N+](=O)[O-])c1. The third-order valence-corrected chi connectivity index (χ3v) is 5.97. The fraction of sp³-hybridized carbons (Fsp3) is 0.300. The Bertz CT molecular complexity index is 1120. The van der Waals surface area contributed by atoms with Crippen LogP contribution in [0.1, 0.15) is 39.4 Å². The topological polar surface area (TPSA) is 123 Å². The third kappa shape index (κ3) is 4.31. The molecule has 1 aromatic carbocycles. The van der Waals surface area contributed by atoms with E-state index in [-0.39, 0.29) is 29.2 Å². The molecule has 0 bridgehead atoms. The van der Waals surface area contributed by atoms with Crippen LogP contribution in [-0.2, 0) is 0 Å². The number of non-ortho nitro benzene ring substituents is 1. The van der Waals surface area contributed by atoms with E-state index in [0.717, 1.165) is 0 Å². The number of benzene rings is 1. The number of carbonyl (C=O) groups is 2. The summed E-state index contributed by atoms with van der Waals surface area (Å²) >= 11 is 1.47. The highest BCUT2D eigenvalue weighted by Crippen LogP contribution is 2.20. The molecule has 3 aromatic rings. The zero-order chi connectivity index (χ0) is 22.0. The second kappa shape index (κ2) is 8.64. The Morgan fingerprint density at radius 1 is 1.26 bits per heavy atom. The fourth-order valence-corrected chi connectivity index (χ4v) is 4.19. The number of nitrogens with zero attached hydrogens (tertiary/aromatic N) is 5. The Morgan fingerprint density at radius 2 is 2.03 bits per heavy atom. The van der Waals surface area contributed by atoms with Gasteiger partial charge in [-0.1, -0.05) is 11.3 Å². The quantitative estimate of drug-likeness (QED) is 0.480. The molecular formula is C20H20N6O4S. The smallest absolute Gasteiger partial charge is 0.276 e. The van der Waals surface area contributed by atoms with E-state index >= 15 is 0 Å². The van der Waals surface area contributed by atoms with E-state index in [4.69, 9.17) is 0 Å². The summed E-state index contributed by atoms with van der Waals surface area (Å²) < 4.78 is 1.42. The Hall–Kier alpha value is -3.60. The van der Waals surface area contributed by atoms with Crippen molar-refractivity contribution in [3.05, 3.63) is 68.2 Å². The Morgan fingerprint density at radius 3 is 2.71 bits per heavy atom. The summed E-state index contributed by atoms with van der Waals surface area (Å²) in [7, 11) is 0. The van der Waals surface area contributed by atoms with Crippen molar-refractivity contribution in [2.24, 2.45) is 0 Å². The third-order valence-electron chi connectivity index (χ3n) is 5.28. The van der Waals surface area contributed by atoms with Crippen LogP contribution in [0, 0.1) is 17.0 Å². The molecule has 160 valence electrons. The molecule has 0 spiro atoms. The van der Waals surface area contributed by atoms with Gasteiger partial charge >= 0.3 is 0 Å². The number of carbonyl (C=O) groups excluding carboxylic acids is 2. The van der Waals surface area contributed by atoms with E-state index in [0.29, 0.717) is 42.9 Å². The van der Waals surface area contributed by atoms with Crippen LogP contribution in [0.15, 0.2) is 41.1 Å². The van der Waals surface area contributed by atoms with E-state index in [1.165, 1.54) is 28.2 Å². The summed E-state index contributed by atoms with van der Waals surface area (Å²) in [5.41, 5.74) is 1.78. The van der Waals surface area contributed by atoms with Crippen molar-refractivity contribution in [2.45, 2.75) is 25.8 Å². The summed E-state index contributed by atoms with van der Waals surface area (Å²) in [6.45, 7) is 2.70. The van der Waals surface area contributed by atoms with Gasteiger partial charge in [0.05, 0.1) is 16.3 Å². The number of nitro benzene ring substituents is 1. The molecule has 1 aliphatic heterocycles. The monoisotopic (exact) mass is 440 g/mol. The van der Waals surface area contributed by atoms with Gasteiger partial charge < -0.3 is 10.2 Å². The molecule has 2 amide bonds. The van der Waals surface area contributed by atoms with Gasteiger partial charge in [-0.25, -0.2) is 4.68 Å².